The van der Waals surface area contributed by atoms with E-state index < -0.39 is 6.09 Å². The first-order valence-electron chi connectivity index (χ1n) is 4.28. The van der Waals surface area contributed by atoms with Gasteiger partial charge in [-0.05, 0) is 13.0 Å². The summed E-state index contributed by atoms with van der Waals surface area (Å²) in [5.74, 6) is 0. The molecular weight excluding hydrogens is 216 g/mol. The standard InChI is InChI=1S/C10H11ClN2O2/c1-7(12-13-10(14)15-2)8-5-3-4-6-9(8)11/h3-6H,1-2H3,(H,13,14)/b12-7+. The monoisotopic (exact) mass is 226 g/mol. The summed E-state index contributed by atoms with van der Waals surface area (Å²) in [5, 5.41) is 4.42. The lowest BCUT2D eigenvalue weighted by Gasteiger charge is -2.03. The number of halogens is 1. The van der Waals surface area contributed by atoms with Crippen LogP contribution in [0.3, 0.4) is 0 Å². The van der Waals surface area contributed by atoms with Gasteiger partial charge in [0.25, 0.3) is 0 Å². The predicted molar refractivity (Wildman–Crippen MR) is 59.2 cm³/mol. The summed E-state index contributed by atoms with van der Waals surface area (Å²) in [4.78, 5) is 10.8. The molecule has 0 unspecified atom stereocenters. The first kappa shape index (κ1) is 11.5. The highest BCUT2D eigenvalue weighted by Crippen LogP contribution is 2.15. The van der Waals surface area contributed by atoms with Crippen molar-refractivity contribution >= 4 is 23.4 Å². The van der Waals surface area contributed by atoms with E-state index >= 15 is 0 Å². The molecule has 1 aromatic rings. The van der Waals surface area contributed by atoms with Crippen LogP contribution in [0.1, 0.15) is 12.5 Å². The zero-order chi connectivity index (χ0) is 11.3. The Bertz CT molecular complexity index is 391. The summed E-state index contributed by atoms with van der Waals surface area (Å²) < 4.78 is 4.38. The van der Waals surface area contributed by atoms with E-state index in [-0.39, 0.29) is 0 Å². The van der Waals surface area contributed by atoms with Gasteiger partial charge >= 0.3 is 6.09 Å². The number of nitrogens with zero attached hydrogens (tertiary/aromatic N) is 1. The number of carbonyl (C=O) groups excluding carboxylic acids is 1. The molecule has 0 aliphatic heterocycles. The quantitative estimate of drug-likeness (QED) is 0.622. The maximum Gasteiger partial charge on any atom is 0.427 e. The van der Waals surface area contributed by atoms with Crippen molar-refractivity contribution in [1.82, 2.24) is 5.43 Å². The molecule has 0 saturated carbocycles. The van der Waals surface area contributed by atoms with Gasteiger partial charge in [-0.3, -0.25) is 0 Å². The van der Waals surface area contributed by atoms with Crippen molar-refractivity contribution in [2.24, 2.45) is 5.10 Å². The van der Waals surface area contributed by atoms with E-state index in [1.807, 2.05) is 18.2 Å². The fourth-order valence-corrected chi connectivity index (χ4v) is 1.26. The third-order valence-corrected chi connectivity index (χ3v) is 2.09. The lowest BCUT2D eigenvalue weighted by atomic mass is 10.1. The Labute approximate surface area is 92.9 Å². The molecule has 1 aromatic carbocycles. The molecule has 4 nitrogen and oxygen atoms in total. The van der Waals surface area contributed by atoms with E-state index in [1.165, 1.54) is 7.11 Å². The highest BCUT2D eigenvalue weighted by atomic mass is 35.5. The minimum atomic E-state index is -0.610. The highest BCUT2D eigenvalue weighted by molar-refractivity contribution is 6.34. The number of ether oxygens (including phenoxy) is 1. The first-order chi connectivity index (χ1) is 7.15. The van der Waals surface area contributed by atoms with Crippen LogP contribution in [0, 0.1) is 0 Å². The van der Waals surface area contributed by atoms with Crippen molar-refractivity contribution in [1.29, 1.82) is 0 Å². The second kappa shape index (κ2) is 5.36. The van der Waals surface area contributed by atoms with Gasteiger partial charge < -0.3 is 4.74 Å². The van der Waals surface area contributed by atoms with Crippen molar-refractivity contribution in [3.8, 4) is 0 Å². The molecule has 5 heteroatoms. The molecule has 15 heavy (non-hydrogen) atoms. The molecule has 0 aromatic heterocycles. The van der Waals surface area contributed by atoms with Crippen LogP contribution in [0.15, 0.2) is 29.4 Å². The van der Waals surface area contributed by atoms with Gasteiger partial charge in [-0.1, -0.05) is 29.8 Å². The molecule has 0 aliphatic rings. The Kier molecular flexibility index (Phi) is 4.12. The number of carbonyl (C=O) groups is 1. The van der Waals surface area contributed by atoms with Gasteiger partial charge in [0.05, 0.1) is 12.8 Å². The van der Waals surface area contributed by atoms with Crippen LogP contribution >= 0.6 is 11.6 Å². The number of nitrogens with one attached hydrogen (secondary N) is 1. The maximum atomic E-state index is 10.8. The molecule has 0 fully saturated rings. The highest BCUT2D eigenvalue weighted by Gasteiger charge is 2.03. The van der Waals surface area contributed by atoms with Crippen LogP contribution in [-0.4, -0.2) is 18.9 Å². The van der Waals surface area contributed by atoms with E-state index in [4.69, 9.17) is 11.6 Å². The molecule has 80 valence electrons. The number of benzene rings is 1. The smallest absolute Gasteiger partial charge is 0.427 e. The number of hydrogen-bond donors (Lipinski definition) is 1. The zero-order valence-electron chi connectivity index (χ0n) is 8.45. The fraction of sp³-hybridized carbons (Fsp3) is 0.200. The Balaban J connectivity index is 2.80. The Hall–Kier alpha value is -1.55. The van der Waals surface area contributed by atoms with Crippen LogP contribution in [0.4, 0.5) is 4.79 Å². The van der Waals surface area contributed by atoms with Crippen molar-refractivity contribution in [2.75, 3.05) is 7.11 Å². The van der Waals surface area contributed by atoms with Crippen molar-refractivity contribution < 1.29 is 9.53 Å². The van der Waals surface area contributed by atoms with Crippen LogP contribution in [0.2, 0.25) is 5.02 Å². The largest absolute Gasteiger partial charge is 0.452 e. The molecule has 0 saturated heterocycles. The number of hydrogen-bond acceptors (Lipinski definition) is 3. The average Bonchev–Trinajstić information content (AvgIpc) is 2.26. The van der Waals surface area contributed by atoms with Crippen LogP contribution in [0.25, 0.3) is 0 Å². The number of hydrazone groups is 1. The van der Waals surface area contributed by atoms with E-state index in [0.29, 0.717) is 10.7 Å². The molecule has 1 amide bonds. The molecule has 0 radical (unpaired) electrons. The summed E-state index contributed by atoms with van der Waals surface area (Å²) >= 11 is 5.94. The minimum absolute atomic E-state index is 0.588. The average molecular weight is 227 g/mol. The summed E-state index contributed by atoms with van der Waals surface area (Å²) in [5.41, 5.74) is 3.62. The van der Waals surface area contributed by atoms with E-state index in [0.717, 1.165) is 5.56 Å². The topological polar surface area (TPSA) is 50.7 Å². The molecule has 1 rings (SSSR count). The van der Waals surface area contributed by atoms with Gasteiger partial charge in [0, 0.05) is 10.6 Å². The third-order valence-electron chi connectivity index (χ3n) is 1.76. The summed E-state index contributed by atoms with van der Waals surface area (Å²) in [6.07, 6.45) is -0.610. The van der Waals surface area contributed by atoms with Gasteiger partial charge in [0.1, 0.15) is 0 Å². The van der Waals surface area contributed by atoms with E-state index in [1.54, 1.807) is 13.0 Å². The zero-order valence-corrected chi connectivity index (χ0v) is 9.21. The maximum absolute atomic E-state index is 10.8. The van der Waals surface area contributed by atoms with E-state index in [9.17, 15) is 4.79 Å². The predicted octanol–water partition coefficient (Wildman–Crippen LogP) is 2.42. The van der Waals surface area contributed by atoms with Crippen LogP contribution in [0.5, 0.6) is 0 Å². The van der Waals surface area contributed by atoms with Gasteiger partial charge in [0.15, 0.2) is 0 Å². The van der Waals surface area contributed by atoms with Crippen LogP contribution < -0.4 is 5.43 Å². The van der Waals surface area contributed by atoms with Crippen molar-refractivity contribution in [3.05, 3.63) is 34.9 Å². The molecule has 0 atom stereocenters. The normalized spacial score (nSPS) is 11.0. The Morgan fingerprint density at radius 1 is 1.47 bits per heavy atom. The van der Waals surface area contributed by atoms with Crippen molar-refractivity contribution in [2.45, 2.75) is 6.92 Å². The molecule has 0 heterocycles. The summed E-state index contributed by atoms with van der Waals surface area (Å²) in [6, 6.07) is 7.25. The molecule has 0 spiro atoms. The number of rotatable bonds is 2. The SMILES string of the molecule is COC(=O)N/N=C(\C)c1ccccc1Cl. The molecule has 0 bridgehead atoms. The van der Waals surface area contributed by atoms with Crippen LogP contribution in [-0.2, 0) is 4.74 Å². The fourth-order valence-electron chi connectivity index (χ4n) is 0.990. The lowest BCUT2D eigenvalue weighted by molar-refractivity contribution is 0.171. The van der Waals surface area contributed by atoms with Gasteiger partial charge in [0.2, 0.25) is 0 Å². The third kappa shape index (κ3) is 3.25. The Morgan fingerprint density at radius 2 is 2.13 bits per heavy atom. The lowest BCUT2D eigenvalue weighted by Crippen LogP contribution is -2.18. The number of methoxy groups -OCH3 is 1. The van der Waals surface area contributed by atoms with Gasteiger partial charge in [-0.2, -0.15) is 5.10 Å². The summed E-state index contributed by atoms with van der Waals surface area (Å²) in [6.45, 7) is 1.75. The Morgan fingerprint density at radius 3 is 2.73 bits per heavy atom. The number of amides is 1. The van der Waals surface area contributed by atoms with Gasteiger partial charge in [-0.25, -0.2) is 10.2 Å². The minimum Gasteiger partial charge on any atom is -0.452 e. The summed E-state index contributed by atoms with van der Waals surface area (Å²) in [7, 11) is 1.27. The van der Waals surface area contributed by atoms with E-state index in [2.05, 4.69) is 15.3 Å². The second-order valence-electron chi connectivity index (χ2n) is 2.78. The second-order valence-corrected chi connectivity index (χ2v) is 3.19. The van der Waals surface area contributed by atoms with Gasteiger partial charge in [-0.15, -0.1) is 0 Å². The molecule has 0 aliphatic carbocycles. The first-order valence-corrected chi connectivity index (χ1v) is 4.66. The molecular formula is C10H11ClN2O2. The van der Waals surface area contributed by atoms with Crippen molar-refractivity contribution in [3.63, 3.8) is 0 Å². The molecule has 1 N–H and O–H groups in total.